The van der Waals surface area contributed by atoms with Crippen LogP contribution >= 0.6 is 43.2 Å². The Bertz CT molecular complexity index is 258. The highest BCUT2D eigenvalue weighted by atomic mass is 79.9. The van der Waals surface area contributed by atoms with Gasteiger partial charge in [0.05, 0.1) is 0 Å². The maximum absolute atomic E-state index is 3.71. The molecular formula is C11H16Br2S. The van der Waals surface area contributed by atoms with Crippen LogP contribution in [-0.4, -0.2) is 4.83 Å². The minimum Gasteiger partial charge on any atom is -0.148 e. The fourth-order valence-electron chi connectivity index (χ4n) is 1.44. The smallest absolute Gasteiger partial charge is 0.0285 e. The van der Waals surface area contributed by atoms with Crippen molar-refractivity contribution in [3.63, 3.8) is 0 Å². The fourth-order valence-corrected chi connectivity index (χ4v) is 3.72. The zero-order chi connectivity index (χ0) is 10.4. The number of thiophene rings is 1. The first kappa shape index (κ1) is 12.7. The van der Waals surface area contributed by atoms with Gasteiger partial charge in [-0.1, -0.05) is 29.3 Å². The van der Waals surface area contributed by atoms with Crippen molar-refractivity contribution < 1.29 is 0 Å². The number of aryl methyl sites for hydroxylation is 1. The standard InChI is InChI=1S/C11H16Br2S/c1-2-4-9(12)5-3-6-11-7-10(13)8-14-11/h7-9H,2-6H2,1H3. The van der Waals surface area contributed by atoms with E-state index in [0.29, 0.717) is 0 Å². The van der Waals surface area contributed by atoms with Gasteiger partial charge in [-0.25, -0.2) is 0 Å². The van der Waals surface area contributed by atoms with E-state index < -0.39 is 0 Å². The summed E-state index contributed by atoms with van der Waals surface area (Å²) in [5.74, 6) is 0. The predicted octanol–water partition coefficient (Wildman–Crippen LogP) is 5.40. The first-order chi connectivity index (χ1) is 6.72. The molecule has 0 aromatic carbocycles. The van der Waals surface area contributed by atoms with Gasteiger partial charge in [0, 0.05) is 19.6 Å². The molecule has 0 saturated heterocycles. The third-order valence-corrected chi connectivity index (χ3v) is 4.84. The zero-order valence-electron chi connectivity index (χ0n) is 8.43. The Labute approximate surface area is 107 Å². The third kappa shape index (κ3) is 4.94. The van der Waals surface area contributed by atoms with Gasteiger partial charge in [-0.2, -0.15) is 0 Å². The normalized spacial score (nSPS) is 13.1. The molecule has 0 saturated carbocycles. The molecule has 1 rings (SSSR count). The summed E-state index contributed by atoms with van der Waals surface area (Å²) >= 11 is 9.04. The van der Waals surface area contributed by atoms with E-state index in [0.717, 1.165) is 4.83 Å². The number of hydrogen-bond acceptors (Lipinski definition) is 1. The second-order valence-electron chi connectivity index (χ2n) is 3.51. The molecule has 1 atom stereocenters. The zero-order valence-corrected chi connectivity index (χ0v) is 12.4. The summed E-state index contributed by atoms with van der Waals surface area (Å²) in [7, 11) is 0. The van der Waals surface area contributed by atoms with E-state index in [9.17, 15) is 0 Å². The van der Waals surface area contributed by atoms with E-state index in [4.69, 9.17) is 0 Å². The van der Waals surface area contributed by atoms with Crippen molar-refractivity contribution in [1.82, 2.24) is 0 Å². The molecule has 0 N–H and O–H groups in total. The number of rotatable bonds is 6. The first-order valence-electron chi connectivity index (χ1n) is 5.09. The summed E-state index contributed by atoms with van der Waals surface area (Å²) < 4.78 is 1.22. The summed E-state index contributed by atoms with van der Waals surface area (Å²) in [6, 6.07) is 2.23. The molecule has 0 radical (unpaired) electrons. The molecule has 0 aliphatic heterocycles. The van der Waals surface area contributed by atoms with Crippen LogP contribution in [0.4, 0.5) is 0 Å². The lowest BCUT2D eigenvalue weighted by Gasteiger charge is -2.06. The Kier molecular flexibility index (Phi) is 6.38. The minimum absolute atomic E-state index is 0.718. The Morgan fingerprint density at radius 3 is 2.79 bits per heavy atom. The Balaban J connectivity index is 2.15. The molecule has 3 heteroatoms. The molecule has 1 unspecified atom stereocenters. The average Bonchev–Trinajstić information content (AvgIpc) is 2.52. The molecule has 0 aliphatic carbocycles. The van der Waals surface area contributed by atoms with Gasteiger partial charge in [0.1, 0.15) is 0 Å². The van der Waals surface area contributed by atoms with Crippen LogP contribution in [0.5, 0.6) is 0 Å². The molecule has 0 nitrogen and oxygen atoms in total. The van der Waals surface area contributed by atoms with Crippen molar-refractivity contribution in [2.24, 2.45) is 0 Å². The van der Waals surface area contributed by atoms with Crippen LogP contribution in [0.3, 0.4) is 0 Å². The molecule has 14 heavy (non-hydrogen) atoms. The van der Waals surface area contributed by atoms with E-state index in [2.05, 4.69) is 50.2 Å². The van der Waals surface area contributed by atoms with Gasteiger partial charge in [0.2, 0.25) is 0 Å². The molecule has 0 spiro atoms. The maximum Gasteiger partial charge on any atom is 0.0285 e. The minimum atomic E-state index is 0.718. The lowest BCUT2D eigenvalue weighted by molar-refractivity contribution is 0.658. The van der Waals surface area contributed by atoms with Crippen molar-refractivity contribution >= 4 is 43.2 Å². The number of alkyl halides is 1. The molecule has 0 aliphatic rings. The third-order valence-electron chi connectivity index (χ3n) is 2.16. The molecule has 1 aromatic heterocycles. The average molecular weight is 340 g/mol. The van der Waals surface area contributed by atoms with Gasteiger partial charge >= 0.3 is 0 Å². The highest BCUT2D eigenvalue weighted by Crippen LogP contribution is 2.22. The second kappa shape index (κ2) is 7.02. The molecule has 1 heterocycles. The Morgan fingerprint density at radius 2 is 2.21 bits per heavy atom. The summed E-state index contributed by atoms with van der Waals surface area (Å²) in [6.45, 7) is 2.24. The lowest BCUT2D eigenvalue weighted by Crippen LogP contribution is -1.97. The summed E-state index contributed by atoms with van der Waals surface area (Å²) in [6.07, 6.45) is 6.39. The van der Waals surface area contributed by atoms with Crippen LogP contribution in [0.25, 0.3) is 0 Å². The molecule has 80 valence electrons. The molecular weight excluding hydrogens is 324 g/mol. The van der Waals surface area contributed by atoms with Crippen molar-refractivity contribution in [3.8, 4) is 0 Å². The largest absolute Gasteiger partial charge is 0.148 e. The number of halogens is 2. The van der Waals surface area contributed by atoms with E-state index in [1.807, 2.05) is 11.3 Å². The Morgan fingerprint density at radius 1 is 1.43 bits per heavy atom. The highest BCUT2D eigenvalue weighted by molar-refractivity contribution is 9.10. The maximum atomic E-state index is 3.71. The van der Waals surface area contributed by atoms with Gasteiger partial charge in [-0.05, 0) is 47.7 Å². The first-order valence-corrected chi connectivity index (χ1v) is 7.68. The van der Waals surface area contributed by atoms with Crippen LogP contribution < -0.4 is 0 Å². The fraction of sp³-hybridized carbons (Fsp3) is 0.636. The topological polar surface area (TPSA) is 0 Å². The highest BCUT2D eigenvalue weighted by Gasteiger charge is 2.03. The van der Waals surface area contributed by atoms with E-state index in [1.165, 1.54) is 41.5 Å². The quantitative estimate of drug-likeness (QED) is 0.609. The van der Waals surface area contributed by atoms with Gasteiger partial charge in [-0.3, -0.25) is 0 Å². The van der Waals surface area contributed by atoms with Crippen molar-refractivity contribution in [2.45, 2.75) is 43.9 Å². The van der Waals surface area contributed by atoms with Crippen LogP contribution in [0.2, 0.25) is 0 Å². The van der Waals surface area contributed by atoms with E-state index in [1.54, 1.807) is 0 Å². The van der Waals surface area contributed by atoms with Gasteiger partial charge in [0.25, 0.3) is 0 Å². The van der Waals surface area contributed by atoms with Gasteiger partial charge < -0.3 is 0 Å². The van der Waals surface area contributed by atoms with E-state index in [-0.39, 0.29) is 0 Å². The summed E-state index contributed by atoms with van der Waals surface area (Å²) in [5, 5.41) is 2.16. The van der Waals surface area contributed by atoms with Crippen molar-refractivity contribution in [1.29, 1.82) is 0 Å². The SMILES string of the molecule is CCCC(Br)CCCc1cc(Br)cs1. The molecule has 0 fully saturated rings. The van der Waals surface area contributed by atoms with Crippen molar-refractivity contribution in [2.75, 3.05) is 0 Å². The van der Waals surface area contributed by atoms with Crippen LogP contribution in [0, 0.1) is 0 Å². The van der Waals surface area contributed by atoms with Gasteiger partial charge in [-0.15, -0.1) is 11.3 Å². The predicted molar refractivity (Wildman–Crippen MR) is 72.6 cm³/mol. The summed E-state index contributed by atoms with van der Waals surface area (Å²) in [5.41, 5.74) is 0. The lowest BCUT2D eigenvalue weighted by atomic mass is 10.1. The molecule has 0 amide bonds. The molecule has 1 aromatic rings. The van der Waals surface area contributed by atoms with Crippen LogP contribution in [-0.2, 0) is 6.42 Å². The Hall–Kier alpha value is 0.660. The van der Waals surface area contributed by atoms with Gasteiger partial charge in [0.15, 0.2) is 0 Å². The summed E-state index contributed by atoms with van der Waals surface area (Å²) in [4.78, 5) is 2.21. The number of hydrogen-bond donors (Lipinski definition) is 0. The van der Waals surface area contributed by atoms with Crippen LogP contribution in [0.1, 0.15) is 37.5 Å². The van der Waals surface area contributed by atoms with Crippen molar-refractivity contribution in [3.05, 3.63) is 20.8 Å². The molecule has 0 bridgehead atoms. The monoisotopic (exact) mass is 338 g/mol. The van der Waals surface area contributed by atoms with E-state index >= 15 is 0 Å². The second-order valence-corrected chi connectivity index (χ2v) is 6.72. The van der Waals surface area contributed by atoms with Crippen LogP contribution in [0.15, 0.2) is 15.9 Å².